The van der Waals surface area contributed by atoms with Gasteiger partial charge in [0.25, 0.3) is 0 Å². The second-order valence-corrected chi connectivity index (χ2v) is 8.60. The number of para-hydroxylation sites is 1. The summed E-state index contributed by atoms with van der Waals surface area (Å²) in [7, 11) is 3.09. The molecule has 0 spiro atoms. The third-order valence-corrected chi connectivity index (χ3v) is 6.25. The lowest BCUT2D eigenvalue weighted by molar-refractivity contribution is -0.274. The molecule has 2 N–H and O–H groups in total. The number of amides is 1. The van der Waals surface area contributed by atoms with Gasteiger partial charge in [-0.3, -0.25) is 4.79 Å². The predicted octanol–water partition coefficient (Wildman–Crippen LogP) is 5.19. The van der Waals surface area contributed by atoms with E-state index in [4.69, 9.17) is 9.47 Å². The fourth-order valence-corrected chi connectivity index (χ4v) is 4.41. The van der Waals surface area contributed by atoms with Gasteiger partial charge >= 0.3 is 6.36 Å². The first-order valence-corrected chi connectivity index (χ1v) is 11.5. The van der Waals surface area contributed by atoms with E-state index in [0.29, 0.717) is 40.6 Å². The summed E-state index contributed by atoms with van der Waals surface area (Å²) in [6, 6.07) is 16.6. The molecule has 4 aromatic rings. The number of anilines is 1. The number of nitrogens with zero attached hydrogens (tertiary/aromatic N) is 3. The summed E-state index contributed by atoms with van der Waals surface area (Å²) in [5.74, 6) is 0.0274. The van der Waals surface area contributed by atoms with Gasteiger partial charge in [0, 0.05) is 17.2 Å². The van der Waals surface area contributed by atoms with E-state index in [-0.39, 0.29) is 17.6 Å². The number of alkyl halides is 3. The Kier molecular flexibility index (Phi) is 6.62. The number of nitrogens with one attached hydrogen (secondary N) is 2. The molecule has 0 saturated heterocycles. The van der Waals surface area contributed by atoms with E-state index in [2.05, 4.69) is 30.7 Å². The van der Waals surface area contributed by atoms with E-state index in [9.17, 15) is 18.0 Å². The lowest BCUT2D eigenvalue weighted by atomic mass is 9.98. The molecule has 1 heterocycles. The molecule has 196 valence electrons. The fourth-order valence-electron chi connectivity index (χ4n) is 4.41. The first-order valence-electron chi connectivity index (χ1n) is 11.5. The van der Waals surface area contributed by atoms with Gasteiger partial charge in [0.05, 0.1) is 14.2 Å². The number of aromatic amines is 1. The maximum atomic E-state index is 13.0. The van der Waals surface area contributed by atoms with Gasteiger partial charge in [-0.15, -0.1) is 18.3 Å². The van der Waals surface area contributed by atoms with Gasteiger partial charge < -0.3 is 19.5 Å². The third-order valence-electron chi connectivity index (χ3n) is 6.25. The van der Waals surface area contributed by atoms with Crippen molar-refractivity contribution in [2.75, 3.05) is 19.5 Å². The Morgan fingerprint density at radius 2 is 1.76 bits per heavy atom. The minimum absolute atomic E-state index is 0.292. The summed E-state index contributed by atoms with van der Waals surface area (Å²) in [6.07, 6.45) is -4.41. The Labute approximate surface area is 214 Å². The monoisotopic (exact) mass is 525 g/mol. The molecule has 0 bridgehead atoms. The highest BCUT2D eigenvalue weighted by atomic mass is 19.4. The average Bonchev–Trinajstić information content (AvgIpc) is 3.51. The molecule has 5 rings (SSSR count). The zero-order valence-electron chi connectivity index (χ0n) is 20.2. The number of halogens is 3. The first-order chi connectivity index (χ1) is 18.3. The van der Waals surface area contributed by atoms with Gasteiger partial charge in [0.15, 0.2) is 17.3 Å². The lowest BCUT2D eigenvalue weighted by Crippen LogP contribution is -2.18. The van der Waals surface area contributed by atoms with Crippen molar-refractivity contribution in [1.82, 2.24) is 20.6 Å². The predicted molar refractivity (Wildman–Crippen MR) is 131 cm³/mol. The van der Waals surface area contributed by atoms with Crippen LogP contribution >= 0.6 is 0 Å². The molecule has 9 nitrogen and oxygen atoms in total. The second kappa shape index (κ2) is 10.0. The van der Waals surface area contributed by atoms with Crippen molar-refractivity contribution in [2.45, 2.75) is 18.7 Å². The van der Waals surface area contributed by atoms with E-state index in [0.717, 1.165) is 11.1 Å². The number of hydrogen-bond donors (Lipinski definition) is 2. The number of benzene rings is 3. The van der Waals surface area contributed by atoms with Gasteiger partial charge in [-0.1, -0.05) is 30.3 Å². The van der Waals surface area contributed by atoms with E-state index in [1.165, 1.54) is 12.1 Å². The number of tetrazole rings is 1. The lowest BCUT2D eigenvalue weighted by Gasteiger charge is -2.14. The van der Waals surface area contributed by atoms with Crippen LogP contribution in [0.4, 0.5) is 18.9 Å². The Morgan fingerprint density at radius 1 is 0.974 bits per heavy atom. The number of hydrogen-bond acceptors (Lipinski definition) is 7. The largest absolute Gasteiger partial charge is 0.573 e. The van der Waals surface area contributed by atoms with Crippen LogP contribution in [-0.4, -0.2) is 47.1 Å². The van der Waals surface area contributed by atoms with Crippen LogP contribution in [0.25, 0.3) is 22.5 Å². The van der Waals surface area contributed by atoms with Crippen molar-refractivity contribution in [3.63, 3.8) is 0 Å². The highest BCUT2D eigenvalue weighted by Crippen LogP contribution is 2.51. The van der Waals surface area contributed by atoms with Crippen LogP contribution in [0.5, 0.6) is 17.2 Å². The molecular formula is C26H22F3N5O4. The van der Waals surface area contributed by atoms with Gasteiger partial charge in [-0.25, -0.2) is 5.10 Å². The van der Waals surface area contributed by atoms with Gasteiger partial charge in [0.1, 0.15) is 5.75 Å². The zero-order valence-corrected chi connectivity index (χ0v) is 20.2. The van der Waals surface area contributed by atoms with Crippen LogP contribution in [0, 0.1) is 5.92 Å². The Morgan fingerprint density at radius 3 is 2.47 bits per heavy atom. The molecular weight excluding hydrogens is 503 g/mol. The highest BCUT2D eigenvalue weighted by Gasteiger charge is 2.46. The number of ether oxygens (including phenoxy) is 3. The Bertz CT molecular complexity index is 1460. The van der Waals surface area contributed by atoms with Gasteiger partial charge in [0.2, 0.25) is 5.91 Å². The molecule has 0 unspecified atom stereocenters. The molecule has 1 saturated carbocycles. The molecule has 1 amide bonds. The number of H-pyrrole nitrogens is 1. The molecule has 1 aromatic heterocycles. The molecule has 0 radical (unpaired) electrons. The van der Waals surface area contributed by atoms with Crippen molar-refractivity contribution >= 4 is 11.6 Å². The standard InChI is InChI=1S/C26H22F3N5O4/c1-36-22-10-7-14(11-23(22)37-2)16-9-8-15(12-19(16)24-31-33-34-32-24)30-25(35)20-13-18(20)17-5-3-4-6-21(17)38-26(27,28)29/h3-12,18,20H,13H2,1-2H3,(H,30,35)(H,31,32,33,34)/t18-,20+/m0/s1. The van der Waals surface area contributed by atoms with Crippen molar-refractivity contribution in [2.24, 2.45) is 5.92 Å². The van der Waals surface area contributed by atoms with Gasteiger partial charge in [-0.2, -0.15) is 0 Å². The number of aromatic nitrogens is 4. The van der Waals surface area contributed by atoms with Crippen LogP contribution in [-0.2, 0) is 4.79 Å². The second-order valence-electron chi connectivity index (χ2n) is 8.60. The van der Waals surface area contributed by atoms with Crippen molar-refractivity contribution < 1.29 is 32.2 Å². The van der Waals surface area contributed by atoms with Crippen LogP contribution in [0.15, 0.2) is 60.7 Å². The molecule has 3 aromatic carbocycles. The number of rotatable bonds is 8. The van der Waals surface area contributed by atoms with Crippen molar-refractivity contribution in [1.29, 1.82) is 0 Å². The van der Waals surface area contributed by atoms with Crippen molar-refractivity contribution in [3.8, 4) is 39.8 Å². The number of carbonyl (C=O) groups excluding carboxylic acids is 1. The number of carbonyl (C=O) groups is 1. The van der Waals surface area contributed by atoms with E-state index in [1.54, 1.807) is 44.6 Å². The summed E-state index contributed by atoms with van der Waals surface area (Å²) in [5.41, 5.74) is 3.02. The minimum atomic E-state index is -4.82. The Hall–Kier alpha value is -4.61. The summed E-state index contributed by atoms with van der Waals surface area (Å²) in [4.78, 5) is 13.0. The molecule has 38 heavy (non-hydrogen) atoms. The van der Waals surface area contributed by atoms with E-state index >= 15 is 0 Å². The molecule has 1 aliphatic carbocycles. The molecule has 1 fully saturated rings. The smallest absolute Gasteiger partial charge is 0.493 e. The molecule has 12 heteroatoms. The molecule has 1 aliphatic rings. The normalized spacial score (nSPS) is 16.6. The SMILES string of the molecule is COc1ccc(-c2ccc(NC(=O)[C@@H]3C[C@H]3c3ccccc3OC(F)(F)F)cc2-c2nnn[nH]2)cc1OC. The summed E-state index contributed by atoms with van der Waals surface area (Å²) < 4.78 is 53.3. The quantitative estimate of drug-likeness (QED) is 0.326. The summed E-state index contributed by atoms with van der Waals surface area (Å²) in [5, 5.41) is 16.9. The maximum Gasteiger partial charge on any atom is 0.573 e. The third kappa shape index (κ3) is 5.24. The fraction of sp³-hybridized carbons (Fsp3) is 0.231. The topological polar surface area (TPSA) is 111 Å². The first kappa shape index (κ1) is 25.1. The summed E-state index contributed by atoms with van der Waals surface area (Å²) >= 11 is 0. The average molecular weight is 525 g/mol. The van der Waals surface area contributed by atoms with Crippen LogP contribution in [0.2, 0.25) is 0 Å². The summed E-state index contributed by atoms with van der Waals surface area (Å²) in [6.45, 7) is 0. The van der Waals surface area contributed by atoms with Crippen LogP contribution < -0.4 is 19.5 Å². The zero-order chi connectivity index (χ0) is 26.9. The highest BCUT2D eigenvalue weighted by molar-refractivity contribution is 5.97. The van der Waals surface area contributed by atoms with Crippen LogP contribution in [0.3, 0.4) is 0 Å². The van der Waals surface area contributed by atoms with Crippen molar-refractivity contribution in [3.05, 3.63) is 66.2 Å². The van der Waals surface area contributed by atoms with Gasteiger partial charge in [-0.05, 0) is 69.8 Å². The van der Waals surface area contributed by atoms with E-state index in [1.807, 2.05) is 18.2 Å². The molecule has 2 atom stereocenters. The molecule has 0 aliphatic heterocycles. The Balaban J connectivity index is 1.39. The maximum absolute atomic E-state index is 13.0. The van der Waals surface area contributed by atoms with E-state index < -0.39 is 12.3 Å². The van der Waals surface area contributed by atoms with Crippen LogP contribution in [0.1, 0.15) is 17.9 Å². The minimum Gasteiger partial charge on any atom is -0.493 e. The number of methoxy groups -OCH3 is 2.